The fourth-order valence-electron chi connectivity index (χ4n) is 2.23. The van der Waals surface area contributed by atoms with Crippen LogP contribution in [-0.2, 0) is 0 Å². The third kappa shape index (κ3) is 2.01. The topological polar surface area (TPSA) is 3.24 Å². The molecule has 1 heteroatoms. The van der Waals surface area contributed by atoms with Gasteiger partial charge in [-0.2, -0.15) is 0 Å². The summed E-state index contributed by atoms with van der Waals surface area (Å²) >= 11 is 0. The fourth-order valence-corrected chi connectivity index (χ4v) is 2.23. The second kappa shape index (κ2) is 4.27. The Hall–Kier alpha value is -0.0400. The zero-order chi connectivity index (χ0) is 8.23. The van der Waals surface area contributed by atoms with E-state index < -0.39 is 0 Å². The van der Waals surface area contributed by atoms with E-state index in [4.69, 9.17) is 0 Å². The molecule has 69 valence electrons. The van der Waals surface area contributed by atoms with Crippen LogP contribution in [0.3, 0.4) is 0 Å². The molecule has 0 aromatic carbocycles. The molecular formula is C11H20N. The van der Waals surface area contributed by atoms with Gasteiger partial charge in [-0.1, -0.05) is 19.3 Å². The average Bonchev–Trinajstić information content (AvgIpc) is 1.90. The molecule has 0 bridgehead atoms. The van der Waals surface area contributed by atoms with E-state index in [2.05, 4.69) is 11.3 Å². The van der Waals surface area contributed by atoms with Gasteiger partial charge in [0.1, 0.15) is 0 Å². The Labute approximate surface area is 76.1 Å². The van der Waals surface area contributed by atoms with Crippen molar-refractivity contribution in [1.29, 1.82) is 0 Å². The highest BCUT2D eigenvalue weighted by Crippen LogP contribution is 2.26. The number of hydrogen-bond donors (Lipinski definition) is 0. The summed E-state index contributed by atoms with van der Waals surface area (Å²) in [5.74, 6) is 0. The second-order valence-corrected chi connectivity index (χ2v) is 4.19. The average molecular weight is 166 g/mol. The maximum Gasteiger partial charge on any atom is 0.00952 e. The molecule has 1 nitrogen and oxygen atoms in total. The minimum absolute atomic E-state index is 0.969. The Morgan fingerprint density at radius 1 is 0.917 bits per heavy atom. The zero-order valence-corrected chi connectivity index (χ0v) is 7.97. The molecule has 12 heavy (non-hydrogen) atoms. The number of rotatable bonds is 1. The second-order valence-electron chi connectivity index (χ2n) is 4.19. The molecule has 1 aliphatic carbocycles. The lowest BCUT2D eigenvalue weighted by Crippen LogP contribution is -2.41. The van der Waals surface area contributed by atoms with Crippen LogP contribution in [0.5, 0.6) is 0 Å². The molecule has 2 aliphatic rings. The Morgan fingerprint density at radius 3 is 2.58 bits per heavy atom. The molecule has 2 rings (SSSR count). The Balaban J connectivity index is 1.77. The van der Waals surface area contributed by atoms with Crippen LogP contribution in [0.4, 0.5) is 0 Å². The number of likely N-dealkylation sites (tertiary alicyclic amines) is 1. The summed E-state index contributed by atoms with van der Waals surface area (Å²) in [6.07, 6.45) is 12.4. The van der Waals surface area contributed by atoms with Crippen molar-refractivity contribution in [2.45, 2.75) is 51.0 Å². The summed E-state index contributed by atoms with van der Waals surface area (Å²) in [7, 11) is 0. The lowest BCUT2D eigenvalue weighted by molar-refractivity contribution is 0.122. The highest BCUT2D eigenvalue weighted by atomic mass is 15.2. The van der Waals surface area contributed by atoms with Crippen LogP contribution < -0.4 is 0 Å². The zero-order valence-electron chi connectivity index (χ0n) is 7.97. The van der Waals surface area contributed by atoms with Crippen LogP contribution in [0.15, 0.2) is 0 Å². The van der Waals surface area contributed by atoms with E-state index in [1.165, 1.54) is 58.0 Å². The standard InChI is InChI=1S/C11H20N/c1-2-4-9-12(10-5-3-1)11-7-6-8-11/h2,11H,1,3-10H2. The van der Waals surface area contributed by atoms with Crippen LogP contribution in [-0.4, -0.2) is 24.0 Å². The maximum absolute atomic E-state index is 2.72. The minimum atomic E-state index is 0.969. The number of nitrogens with zero attached hydrogens (tertiary/aromatic N) is 1. The molecule has 0 amide bonds. The summed E-state index contributed by atoms with van der Waals surface area (Å²) in [5, 5.41) is 0. The molecule has 0 atom stereocenters. The van der Waals surface area contributed by atoms with Crippen molar-refractivity contribution in [1.82, 2.24) is 4.90 Å². The first-order chi connectivity index (χ1) is 5.97. The first-order valence-corrected chi connectivity index (χ1v) is 5.52. The van der Waals surface area contributed by atoms with Crippen LogP contribution in [0.1, 0.15) is 44.9 Å². The highest BCUT2D eigenvalue weighted by Gasteiger charge is 2.24. The van der Waals surface area contributed by atoms with Crippen molar-refractivity contribution in [2.24, 2.45) is 0 Å². The smallest absolute Gasteiger partial charge is 0.00952 e. The summed E-state index contributed by atoms with van der Waals surface area (Å²) in [5.41, 5.74) is 0. The SMILES string of the molecule is [CH]1CCCCN(C2CCC2)CC1. The monoisotopic (exact) mass is 166 g/mol. The molecule has 0 aromatic rings. The molecule has 0 aromatic heterocycles. The number of hydrogen-bond acceptors (Lipinski definition) is 1. The summed E-state index contributed by atoms with van der Waals surface area (Å²) < 4.78 is 0. The molecule has 0 spiro atoms. The minimum Gasteiger partial charge on any atom is -0.300 e. The van der Waals surface area contributed by atoms with Gasteiger partial charge in [-0.05, 0) is 45.2 Å². The quantitative estimate of drug-likeness (QED) is 0.579. The summed E-state index contributed by atoms with van der Waals surface area (Å²) in [4.78, 5) is 2.72. The van der Waals surface area contributed by atoms with Crippen molar-refractivity contribution < 1.29 is 0 Å². The van der Waals surface area contributed by atoms with Crippen molar-refractivity contribution in [3.05, 3.63) is 6.42 Å². The van der Waals surface area contributed by atoms with Gasteiger partial charge in [0, 0.05) is 6.04 Å². The predicted octanol–water partition coefficient (Wildman–Crippen LogP) is 2.62. The first kappa shape index (κ1) is 8.55. The summed E-state index contributed by atoms with van der Waals surface area (Å²) in [6, 6.07) is 0.969. The lowest BCUT2D eigenvalue weighted by Gasteiger charge is -2.38. The van der Waals surface area contributed by atoms with E-state index in [0.717, 1.165) is 6.04 Å². The van der Waals surface area contributed by atoms with Gasteiger partial charge in [-0.25, -0.2) is 0 Å². The van der Waals surface area contributed by atoms with Gasteiger partial charge >= 0.3 is 0 Å². The third-order valence-electron chi connectivity index (χ3n) is 3.32. The molecule has 1 saturated heterocycles. The van der Waals surface area contributed by atoms with Crippen molar-refractivity contribution in [3.63, 3.8) is 0 Å². The van der Waals surface area contributed by atoms with E-state index >= 15 is 0 Å². The fraction of sp³-hybridized carbons (Fsp3) is 0.909. The third-order valence-corrected chi connectivity index (χ3v) is 3.32. The lowest BCUT2D eigenvalue weighted by atomic mass is 9.90. The van der Waals surface area contributed by atoms with Crippen molar-refractivity contribution in [2.75, 3.05) is 13.1 Å². The molecular weight excluding hydrogens is 146 g/mol. The van der Waals surface area contributed by atoms with Gasteiger partial charge in [-0.3, -0.25) is 0 Å². The largest absolute Gasteiger partial charge is 0.300 e. The van der Waals surface area contributed by atoms with Gasteiger partial charge in [0.15, 0.2) is 0 Å². The van der Waals surface area contributed by atoms with Crippen LogP contribution in [0, 0.1) is 6.42 Å². The molecule has 1 heterocycles. The van der Waals surface area contributed by atoms with E-state index in [1.807, 2.05) is 0 Å². The highest BCUT2D eigenvalue weighted by molar-refractivity contribution is 4.82. The van der Waals surface area contributed by atoms with E-state index in [-0.39, 0.29) is 0 Å². The van der Waals surface area contributed by atoms with Gasteiger partial charge in [0.2, 0.25) is 0 Å². The van der Waals surface area contributed by atoms with Gasteiger partial charge in [0.25, 0.3) is 0 Å². The van der Waals surface area contributed by atoms with E-state index in [9.17, 15) is 0 Å². The molecule has 0 unspecified atom stereocenters. The molecule has 0 N–H and O–H groups in total. The Morgan fingerprint density at radius 2 is 1.83 bits per heavy atom. The predicted molar refractivity (Wildman–Crippen MR) is 52.0 cm³/mol. The molecule has 1 radical (unpaired) electrons. The molecule has 2 fully saturated rings. The normalized spacial score (nSPS) is 29.0. The van der Waals surface area contributed by atoms with Crippen LogP contribution >= 0.6 is 0 Å². The Kier molecular flexibility index (Phi) is 3.04. The maximum atomic E-state index is 2.72. The molecule has 1 aliphatic heterocycles. The van der Waals surface area contributed by atoms with E-state index in [0.29, 0.717) is 0 Å². The van der Waals surface area contributed by atoms with Crippen LogP contribution in [0.25, 0.3) is 0 Å². The molecule has 1 saturated carbocycles. The van der Waals surface area contributed by atoms with Crippen molar-refractivity contribution in [3.8, 4) is 0 Å². The summed E-state index contributed by atoms with van der Waals surface area (Å²) in [6.45, 7) is 2.71. The van der Waals surface area contributed by atoms with Gasteiger partial charge in [0.05, 0.1) is 0 Å². The first-order valence-electron chi connectivity index (χ1n) is 5.52. The van der Waals surface area contributed by atoms with Gasteiger partial charge in [-0.15, -0.1) is 0 Å². The van der Waals surface area contributed by atoms with E-state index in [1.54, 1.807) is 0 Å². The van der Waals surface area contributed by atoms with Crippen molar-refractivity contribution >= 4 is 0 Å². The van der Waals surface area contributed by atoms with Gasteiger partial charge < -0.3 is 4.90 Å². The Bertz CT molecular complexity index is 121. The van der Waals surface area contributed by atoms with Crippen LogP contribution in [0.2, 0.25) is 0 Å².